The van der Waals surface area contributed by atoms with Crippen molar-refractivity contribution in [2.24, 2.45) is 11.7 Å². The van der Waals surface area contributed by atoms with Crippen molar-refractivity contribution >= 4 is 5.91 Å². The molecular formula is C17H22N4O. The molecule has 2 N–H and O–H groups in total. The van der Waals surface area contributed by atoms with Crippen LogP contribution in [0.15, 0.2) is 36.9 Å². The number of aromatic nitrogens is 2. The summed E-state index contributed by atoms with van der Waals surface area (Å²) < 4.78 is 1.88. The normalized spacial score (nSPS) is 21.3. The minimum Gasteiger partial charge on any atom is -0.336 e. The van der Waals surface area contributed by atoms with Gasteiger partial charge in [0.25, 0.3) is 5.91 Å². The number of aryl methyl sites for hydroxylation is 1. The maximum absolute atomic E-state index is 13.0. The molecule has 5 heteroatoms. The molecule has 1 aliphatic heterocycles. The number of benzene rings is 1. The number of carbonyl (C=O) groups excluding carboxylic acids is 1. The van der Waals surface area contributed by atoms with E-state index in [1.165, 1.54) is 0 Å². The molecule has 5 nitrogen and oxygen atoms in total. The third kappa shape index (κ3) is 2.64. The van der Waals surface area contributed by atoms with Crippen molar-refractivity contribution in [1.29, 1.82) is 0 Å². The topological polar surface area (TPSA) is 64.2 Å². The number of carbonyl (C=O) groups is 1. The summed E-state index contributed by atoms with van der Waals surface area (Å²) in [6.45, 7) is 5.48. The summed E-state index contributed by atoms with van der Waals surface area (Å²) in [5, 5.41) is 0. The highest BCUT2D eigenvalue weighted by Gasteiger charge is 2.33. The fourth-order valence-electron chi connectivity index (χ4n) is 3.20. The van der Waals surface area contributed by atoms with Crippen LogP contribution in [0.2, 0.25) is 0 Å². The van der Waals surface area contributed by atoms with Gasteiger partial charge in [0, 0.05) is 25.0 Å². The largest absolute Gasteiger partial charge is 0.336 e. The molecule has 1 saturated heterocycles. The quantitative estimate of drug-likeness (QED) is 0.942. The molecular weight excluding hydrogens is 276 g/mol. The van der Waals surface area contributed by atoms with Gasteiger partial charge >= 0.3 is 0 Å². The predicted octanol–water partition coefficient (Wildman–Crippen LogP) is 1.99. The van der Waals surface area contributed by atoms with E-state index in [0.29, 0.717) is 12.5 Å². The maximum Gasteiger partial charge on any atom is 0.256 e. The molecule has 2 aromatic rings. The van der Waals surface area contributed by atoms with Gasteiger partial charge in [-0.1, -0.05) is 11.6 Å². The number of amides is 1. The Morgan fingerprint density at radius 3 is 2.91 bits per heavy atom. The smallest absolute Gasteiger partial charge is 0.256 e. The highest BCUT2D eigenvalue weighted by molar-refractivity contribution is 5.98. The summed E-state index contributed by atoms with van der Waals surface area (Å²) in [5.41, 5.74) is 8.45. The molecule has 1 aromatic heterocycles. The SMILES string of the molecule is Cc1ccc(-n2ccnc2)c(C(=O)N2CC(CN)CC2C)c1. The van der Waals surface area contributed by atoms with Gasteiger partial charge in [0.2, 0.25) is 0 Å². The van der Waals surface area contributed by atoms with Crippen LogP contribution in [0.4, 0.5) is 0 Å². The molecule has 2 unspecified atom stereocenters. The van der Waals surface area contributed by atoms with Gasteiger partial charge in [-0.25, -0.2) is 4.98 Å². The van der Waals surface area contributed by atoms with E-state index in [1.54, 1.807) is 12.5 Å². The van der Waals surface area contributed by atoms with Gasteiger partial charge in [-0.3, -0.25) is 4.79 Å². The summed E-state index contributed by atoms with van der Waals surface area (Å²) in [5.74, 6) is 0.483. The maximum atomic E-state index is 13.0. The number of hydrogen-bond donors (Lipinski definition) is 1. The highest BCUT2D eigenvalue weighted by Crippen LogP contribution is 2.26. The number of nitrogens with two attached hydrogens (primary N) is 1. The molecule has 22 heavy (non-hydrogen) atoms. The van der Waals surface area contributed by atoms with Crippen molar-refractivity contribution in [2.45, 2.75) is 26.3 Å². The van der Waals surface area contributed by atoms with E-state index in [9.17, 15) is 4.79 Å². The molecule has 0 aliphatic carbocycles. The van der Waals surface area contributed by atoms with Crippen molar-refractivity contribution < 1.29 is 4.79 Å². The van der Waals surface area contributed by atoms with Crippen molar-refractivity contribution in [3.05, 3.63) is 48.0 Å². The first-order chi connectivity index (χ1) is 10.6. The molecule has 0 bridgehead atoms. The first kappa shape index (κ1) is 14.8. The van der Waals surface area contributed by atoms with Gasteiger partial charge in [0.1, 0.15) is 0 Å². The minimum absolute atomic E-state index is 0.0795. The van der Waals surface area contributed by atoms with Crippen LogP contribution in [0.3, 0.4) is 0 Å². The number of imidazole rings is 1. The van der Waals surface area contributed by atoms with E-state index in [-0.39, 0.29) is 11.9 Å². The zero-order valence-corrected chi connectivity index (χ0v) is 13.1. The van der Waals surface area contributed by atoms with Crippen LogP contribution >= 0.6 is 0 Å². The lowest BCUT2D eigenvalue weighted by atomic mass is 10.1. The van der Waals surface area contributed by atoms with E-state index in [1.807, 2.05) is 40.8 Å². The fraction of sp³-hybridized carbons (Fsp3) is 0.412. The monoisotopic (exact) mass is 298 g/mol. The Kier molecular flexibility index (Phi) is 3.98. The average molecular weight is 298 g/mol. The summed E-state index contributed by atoms with van der Waals surface area (Å²) >= 11 is 0. The van der Waals surface area contributed by atoms with Crippen molar-refractivity contribution in [2.75, 3.05) is 13.1 Å². The summed E-state index contributed by atoms with van der Waals surface area (Å²) in [6.07, 6.45) is 6.28. The van der Waals surface area contributed by atoms with E-state index < -0.39 is 0 Å². The third-order valence-corrected chi connectivity index (χ3v) is 4.42. The standard InChI is InChI=1S/C17H22N4O/c1-12-3-4-16(20-6-5-19-11-20)15(7-12)17(22)21-10-14(9-18)8-13(21)2/h3-7,11,13-14H,8-10,18H2,1-2H3. The molecule has 1 fully saturated rings. The first-order valence-corrected chi connectivity index (χ1v) is 7.70. The zero-order chi connectivity index (χ0) is 15.7. The summed E-state index contributed by atoms with van der Waals surface area (Å²) in [4.78, 5) is 19.1. The second-order valence-corrected chi connectivity index (χ2v) is 6.13. The van der Waals surface area contributed by atoms with E-state index in [0.717, 1.165) is 29.8 Å². The molecule has 1 amide bonds. The number of rotatable bonds is 3. The first-order valence-electron chi connectivity index (χ1n) is 7.70. The van der Waals surface area contributed by atoms with Crippen LogP contribution in [0.1, 0.15) is 29.3 Å². The molecule has 116 valence electrons. The molecule has 0 radical (unpaired) electrons. The van der Waals surface area contributed by atoms with Gasteiger partial charge < -0.3 is 15.2 Å². The molecule has 2 heterocycles. The van der Waals surface area contributed by atoms with Crippen LogP contribution in [0.25, 0.3) is 5.69 Å². The van der Waals surface area contributed by atoms with Crippen LogP contribution in [-0.4, -0.2) is 39.5 Å². The number of nitrogens with zero attached hydrogens (tertiary/aromatic N) is 3. The van der Waals surface area contributed by atoms with Crippen LogP contribution in [0.5, 0.6) is 0 Å². The molecule has 3 rings (SSSR count). The lowest BCUT2D eigenvalue weighted by Crippen LogP contribution is -2.35. The molecule has 1 aromatic carbocycles. The van der Waals surface area contributed by atoms with Gasteiger partial charge in [0.05, 0.1) is 17.6 Å². The predicted molar refractivity (Wildman–Crippen MR) is 86.0 cm³/mol. The number of likely N-dealkylation sites (tertiary alicyclic amines) is 1. The zero-order valence-electron chi connectivity index (χ0n) is 13.1. The Morgan fingerprint density at radius 1 is 1.45 bits per heavy atom. The van der Waals surface area contributed by atoms with Gasteiger partial charge in [0.15, 0.2) is 0 Å². The fourth-order valence-corrected chi connectivity index (χ4v) is 3.20. The van der Waals surface area contributed by atoms with E-state index in [2.05, 4.69) is 11.9 Å². The Bertz CT molecular complexity index is 665. The van der Waals surface area contributed by atoms with Crippen molar-refractivity contribution in [3.63, 3.8) is 0 Å². The summed E-state index contributed by atoms with van der Waals surface area (Å²) in [7, 11) is 0. The third-order valence-electron chi connectivity index (χ3n) is 4.42. The average Bonchev–Trinajstić information content (AvgIpc) is 3.15. The highest BCUT2D eigenvalue weighted by atomic mass is 16.2. The number of hydrogen-bond acceptors (Lipinski definition) is 3. The Hall–Kier alpha value is -2.14. The Labute approximate surface area is 130 Å². The second kappa shape index (κ2) is 5.93. The molecule has 1 aliphatic rings. The van der Waals surface area contributed by atoms with Crippen LogP contribution < -0.4 is 5.73 Å². The second-order valence-electron chi connectivity index (χ2n) is 6.13. The van der Waals surface area contributed by atoms with Gasteiger partial charge in [-0.05, 0) is 44.9 Å². The van der Waals surface area contributed by atoms with Crippen molar-refractivity contribution in [1.82, 2.24) is 14.5 Å². The molecule has 0 saturated carbocycles. The van der Waals surface area contributed by atoms with Crippen LogP contribution in [-0.2, 0) is 0 Å². The lowest BCUT2D eigenvalue weighted by Gasteiger charge is -2.23. The summed E-state index contributed by atoms with van der Waals surface area (Å²) in [6, 6.07) is 6.19. The van der Waals surface area contributed by atoms with Gasteiger partial charge in [-0.15, -0.1) is 0 Å². The Morgan fingerprint density at radius 2 is 2.27 bits per heavy atom. The Balaban J connectivity index is 1.97. The minimum atomic E-state index is 0.0795. The van der Waals surface area contributed by atoms with E-state index in [4.69, 9.17) is 5.73 Å². The van der Waals surface area contributed by atoms with Gasteiger partial charge in [-0.2, -0.15) is 0 Å². The van der Waals surface area contributed by atoms with Crippen molar-refractivity contribution in [3.8, 4) is 5.69 Å². The molecule has 2 atom stereocenters. The van der Waals surface area contributed by atoms with E-state index >= 15 is 0 Å². The molecule has 0 spiro atoms. The lowest BCUT2D eigenvalue weighted by molar-refractivity contribution is 0.0743. The van der Waals surface area contributed by atoms with Crippen LogP contribution in [0, 0.1) is 12.8 Å².